The topological polar surface area (TPSA) is 59.6 Å². The van der Waals surface area contributed by atoms with Crippen molar-refractivity contribution in [3.8, 4) is 0 Å². The minimum atomic E-state index is -5.68. The number of aliphatic imine (C=N–C) groups is 1. The maximum absolute atomic E-state index is 14.1. The first-order valence-corrected chi connectivity index (χ1v) is 6.85. The Kier molecular flexibility index (Phi) is 4.71. The fourth-order valence-electron chi connectivity index (χ4n) is 2.24. The highest BCUT2D eigenvalue weighted by Gasteiger charge is 2.57. The lowest BCUT2D eigenvalue weighted by atomic mass is 9.92. The summed E-state index contributed by atoms with van der Waals surface area (Å²) in [5.41, 5.74) is 4.24. The molecule has 2 rings (SSSR count). The molecule has 10 heteroatoms. The van der Waals surface area contributed by atoms with Gasteiger partial charge in [0.05, 0.1) is 13.2 Å². The molecule has 0 aromatic heterocycles. The van der Waals surface area contributed by atoms with E-state index in [2.05, 4.69) is 4.99 Å². The molecular weight excluding hydrogens is 340 g/mol. The standard InChI is InChI=1S/C14H15F6N3O/c1-12(7-24-5-11(21)23-12)9-4-8(2-3-10(9)15)22-6-13(16,17)14(18,19)20/h2-4,22H,5-7H2,1H3,(H2,21,23). The van der Waals surface area contributed by atoms with Crippen LogP contribution in [-0.4, -0.2) is 37.7 Å². The van der Waals surface area contributed by atoms with Gasteiger partial charge < -0.3 is 15.8 Å². The van der Waals surface area contributed by atoms with Crippen molar-refractivity contribution in [2.75, 3.05) is 25.1 Å². The maximum atomic E-state index is 14.1. The number of anilines is 1. The molecule has 0 bridgehead atoms. The first kappa shape index (κ1) is 18.4. The van der Waals surface area contributed by atoms with E-state index in [0.717, 1.165) is 18.2 Å². The molecular formula is C14H15F6N3O. The molecule has 134 valence electrons. The third kappa shape index (κ3) is 3.74. The van der Waals surface area contributed by atoms with Crippen LogP contribution in [0.5, 0.6) is 0 Å². The van der Waals surface area contributed by atoms with E-state index in [9.17, 15) is 26.3 Å². The predicted molar refractivity (Wildman–Crippen MR) is 75.7 cm³/mol. The molecule has 0 radical (unpaired) electrons. The van der Waals surface area contributed by atoms with Gasteiger partial charge in [0, 0.05) is 11.3 Å². The van der Waals surface area contributed by atoms with E-state index >= 15 is 0 Å². The minimum absolute atomic E-state index is 0.00716. The number of halogens is 6. The van der Waals surface area contributed by atoms with E-state index in [1.807, 2.05) is 5.32 Å². The number of ether oxygens (including phenoxy) is 1. The van der Waals surface area contributed by atoms with Crippen molar-refractivity contribution in [3.05, 3.63) is 29.6 Å². The molecule has 1 aromatic rings. The zero-order chi connectivity index (χ0) is 18.2. The second-order valence-electron chi connectivity index (χ2n) is 5.62. The quantitative estimate of drug-likeness (QED) is 0.817. The number of hydrogen-bond donors (Lipinski definition) is 2. The second kappa shape index (κ2) is 6.15. The Bertz CT molecular complexity index is 646. The van der Waals surface area contributed by atoms with E-state index in [1.54, 1.807) is 0 Å². The fourth-order valence-corrected chi connectivity index (χ4v) is 2.24. The van der Waals surface area contributed by atoms with Crippen LogP contribution in [0.2, 0.25) is 0 Å². The monoisotopic (exact) mass is 355 g/mol. The molecule has 3 N–H and O–H groups in total. The van der Waals surface area contributed by atoms with Crippen LogP contribution in [0.15, 0.2) is 23.2 Å². The third-order valence-corrected chi connectivity index (χ3v) is 3.50. The van der Waals surface area contributed by atoms with Crippen LogP contribution in [0.25, 0.3) is 0 Å². The highest BCUT2D eigenvalue weighted by Crippen LogP contribution is 2.36. The Morgan fingerprint density at radius 3 is 2.54 bits per heavy atom. The van der Waals surface area contributed by atoms with E-state index in [0.29, 0.717) is 0 Å². The number of nitrogens with two attached hydrogens (primary N) is 1. The van der Waals surface area contributed by atoms with Crippen molar-refractivity contribution >= 4 is 11.5 Å². The molecule has 1 unspecified atom stereocenters. The molecule has 4 nitrogen and oxygen atoms in total. The predicted octanol–water partition coefficient (Wildman–Crippen LogP) is 3.04. The van der Waals surface area contributed by atoms with Gasteiger partial charge in [-0.05, 0) is 25.1 Å². The molecule has 0 amide bonds. The zero-order valence-electron chi connectivity index (χ0n) is 12.6. The molecule has 0 fully saturated rings. The normalized spacial score (nSPS) is 22.2. The summed E-state index contributed by atoms with van der Waals surface area (Å²) in [5, 5.41) is 1.97. The van der Waals surface area contributed by atoms with Gasteiger partial charge >= 0.3 is 12.1 Å². The summed E-state index contributed by atoms with van der Waals surface area (Å²) in [6, 6.07) is 3.13. The molecule has 24 heavy (non-hydrogen) atoms. The molecule has 1 atom stereocenters. The highest BCUT2D eigenvalue weighted by atomic mass is 19.4. The van der Waals surface area contributed by atoms with Crippen molar-refractivity contribution < 1.29 is 31.1 Å². The summed E-state index contributed by atoms with van der Waals surface area (Å²) in [5.74, 6) is -5.49. The lowest BCUT2D eigenvalue weighted by Crippen LogP contribution is -2.42. The Labute approximate surface area is 133 Å². The Balaban J connectivity index is 2.25. The molecule has 0 aliphatic carbocycles. The van der Waals surface area contributed by atoms with Crippen LogP contribution in [0.3, 0.4) is 0 Å². The van der Waals surface area contributed by atoms with Crippen molar-refractivity contribution in [2.24, 2.45) is 10.7 Å². The van der Waals surface area contributed by atoms with E-state index in [-0.39, 0.29) is 30.3 Å². The second-order valence-corrected chi connectivity index (χ2v) is 5.62. The first-order valence-electron chi connectivity index (χ1n) is 6.85. The SMILES string of the molecule is CC1(c2cc(NCC(F)(F)C(F)(F)F)ccc2F)COCC(N)=N1. The van der Waals surface area contributed by atoms with Gasteiger partial charge in [-0.25, -0.2) is 4.39 Å². The number of hydrogen-bond acceptors (Lipinski definition) is 4. The third-order valence-electron chi connectivity index (χ3n) is 3.50. The van der Waals surface area contributed by atoms with Gasteiger partial charge in [-0.2, -0.15) is 22.0 Å². The van der Waals surface area contributed by atoms with Crippen molar-refractivity contribution in [1.29, 1.82) is 0 Å². The van der Waals surface area contributed by atoms with Crippen molar-refractivity contribution in [1.82, 2.24) is 0 Å². The molecule has 1 aliphatic rings. The summed E-state index contributed by atoms with van der Waals surface area (Å²) in [4.78, 5) is 4.11. The summed E-state index contributed by atoms with van der Waals surface area (Å²) >= 11 is 0. The number of alkyl halides is 5. The lowest BCUT2D eigenvalue weighted by Gasteiger charge is -2.30. The van der Waals surface area contributed by atoms with Gasteiger partial charge in [-0.1, -0.05) is 0 Å². The largest absolute Gasteiger partial charge is 0.455 e. The molecule has 1 heterocycles. The van der Waals surface area contributed by atoms with Crippen molar-refractivity contribution in [3.63, 3.8) is 0 Å². The number of amidine groups is 1. The smallest absolute Gasteiger partial charge is 0.386 e. The summed E-state index contributed by atoms with van der Waals surface area (Å²) in [6.45, 7) is -0.0779. The van der Waals surface area contributed by atoms with Crippen LogP contribution in [0.4, 0.5) is 32.0 Å². The van der Waals surface area contributed by atoms with Crippen LogP contribution in [0, 0.1) is 5.82 Å². The number of rotatable bonds is 4. The van der Waals surface area contributed by atoms with Gasteiger partial charge in [0.25, 0.3) is 0 Å². The van der Waals surface area contributed by atoms with E-state index < -0.39 is 30.0 Å². The van der Waals surface area contributed by atoms with Crippen LogP contribution < -0.4 is 11.1 Å². The van der Waals surface area contributed by atoms with Gasteiger partial charge in [-0.15, -0.1) is 0 Å². The number of nitrogens with one attached hydrogen (secondary N) is 1. The Morgan fingerprint density at radius 2 is 1.96 bits per heavy atom. The molecule has 0 saturated heterocycles. The molecule has 1 aliphatic heterocycles. The Hall–Kier alpha value is -1.97. The van der Waals surface area contributed by atoms with E-state index in [4.69, 9.17) is 10.5 Å². The zero-order valence-corrected chi connectivity index (χ0v) is 12.6. The van der Waals surface area contributed by atoms with Crippen LogP contribution in [-0.2, 0) is 10.3 Å². The summed E-state index contributed by atoms with van der Waals surface area (Å²) < 4.78 is 81.7. The fraction of sp³-hybridized carbons (Fsp3) is 0.500. The Morgan fingerprint density at radius 1 is 1.29 bits per heavy atom. The van der Waals surface area contributed by atoms with Gasteiger partial charge in [0.2, 0.25) is 0 Å². The minimum Gasteiger partial charge on any atom is -0.386 e. The molecule has 0 saturated carbocycles. The maximum Gasteiger partial charge on any atom is 0.455 e. The molecule has 0 spiro atoms. The van der Waals surface area contributed by atoms with Gasteiger partial charge in [0.1, 0.15) is 23.8 Å². The average molecular weight is 355 g/mol. The summed E-state index contributed by atoms with van der Waals surface area (Å²) in [7, 11) is 0. The van der Waals surface area contributed by atoms with Gasteiger partial charge in [-0.3, -0.25) is 4.99 Å². The van der Waals surface area contributed by atoms with Gasteiger partial charge in [0.15, 0.2) is 0 Å². The van der Waals surface area contributed by atoms with Crippen LogP contribution >= 0.6 is 0 Å². The number of nitrogens with zero attached hydrogens (tertiary/aromatic N) is 1. The summed E-state index contributed by atoms with van der Waals surface area (Å²) in [6.07, 6.45) is -5.68. The number of benzene rings is 1. The van der Waals surface area contributed by atoms with E-state index in [1.165, 1.54) is 6.92 Å². The highest BCUT2D eigenvalue weighted by molar-refractivity contribution is 5.82. The lowest BCUT2D eigenvalue weighted by molar-refractivity contribution is -0.275. The molecule has 1 aromatic carbocycles. The first-order chi connectivity index (χ1) is 10.9. The average Bonchev–Trinajstić information content (AvgIpc) is 2.44. The van der Waals surface area contributed by atoms with Crippen LogP contribution in [0.1, 0.15) is 12.5 Å². The van der Waals surface area contributed by atoms with Crippen molar-refractivity contribution in [2.45, 2.75) is 24.6 Å².